The van der Waals surface area contributed by atoms with Gasteiger partial charge in [0.25, 0.3) is 0 Å². The second-order valence-corrected chi connectivity index (χ2v) is 3.24. The van der Waals surface area contributed by atoms with Gasteiger partial charge in [0.15, 0.2) is 0 Å². The van der Waals surface area contributed by atoms with Gasteiger partial charge in [-0.3, -0.25) is 0 Å². The SMILES string of the molecule is CCCOC(=O)[C@H](N)c1ccc(O)cc1. The van der Waals surface area contributed by atoms with Crippen LogP contribution in [0.25, 0.3) is 0 Å². The molecule has 0 bridgehead atoms. The number of phenolic OH excluding ortho intramolecular Hbond substituents is 1. The van der Waals surface area contributed by atoms with Gasteiger partial charge < -0.3 is 15.6 Å². The lowest BCUT2D eigenvalue weighted by molar-refractivity contribution is -0.145. The van der Waals surface area contributed by atoms with Crippen molar-refractivity contribution in [3.63, 3.8) is 0 Å². The number of carbonyl (C=O) groups is 1. The first-order chi connectivity index (χ1) is 7.15. The number of hydrogen-bond donors (Lipinski definition) is 2. The fourth-order valence-corrected chi connectivity index (χ4v) is 1.11. The van der Waals surface area contributed by atoms with Gasteiger partial charge in [-0.25, -0.2) is 4.79 Å². The van der Waals surface area contributed by atoms with Crippen molar-refractivity contribution in [3.05, 3.63) is 29.8 Å². The molecule has 0 aliphatic carbocycles. The first-order valence-corrected chi connectivity index (χ1v) is 4.86. The third-order valence-electron chi connectivity index (χ3n) is 1.95. The molecule has 1 aromatic carbocycles. The van der Waals surface area contributed by atoms with Crippen LogP contribution in [0.15, 0.2) is 24.3 Å². The monoisotopic (exact) mass is 209 g/mol. The molecular weight excluding hydrogens is 194 g/mol. The van der Waals surface area contributed by atoms with E-state index in [-0.39, 0.29) is 5.75 Å². The molecule has 0 saturated carbocycles. The lowest BCUT2D eigenvalue weighted by Gasteiger charge is -2.11. The van der Waals surface area contributed by atoms with E-state index in [4.69, 9.17) is 15.6 Å². The first-order valence-electron chi connectivity index (χ1n) is 4.86. The maximum absolute atomic E-state index is 11.4. The zero-order valence-corrected chi connectivity index (χ0v) is 8.64. The molecule has 0 spiro atoms. The summed E-state index contributed by atoms with van der Waals surface area (Å²) in [7, 11) is 0. The van der Waals surface area contributed by atoms with Gasteiger partial charge >= 0.3 is 5.97 Å². The summed E-state index contributed by atoms with van der Waals surface area (Å²) in [6.45, 7) is 2.30. The molecule has 0 unspecified atom stereocenters. The molecule has 0 fully saturated rings. The van der Waals surface area contributed by atoms with E-state index in [0.717, 1.165) is 6.42 Å². The third kappa shape index (κ3) is 3.25. The van der Waals surface area contributed by atoms with E-state index in [1.807, 2.05) is 6.92 Å². The van der Waals surface area contributed by atoms with Crippen LogP contribution in [0.3, 0.4) is 0 Å². The maximum atomic E-state index is 11.4. The predicted molar refractivity (Wildman–Crippen MR) is 56.3 cm³/mol. The molecule has 1 atom stereocenters. The minimum absolute atomic E-state index is 0.146. The van der Waals surface area contributed by atoms with Crippen LogP contribution < -0.4 is 5.73 Å². The van der Waals surface area contributed by atoms with Crippen LogP contribution in [-0.4, -0.2) is 17.7 Å². The van der Waals surface area contributed by atoms with E-state index >= 15 is 0 Å². The highest BCUT2D eigenvalue weighted by Crippen LogP contribution is 2.16. The number of nitrogens with two attached hydrogens (primary N) is 1. The Hall–Kier alpha value is -1.55. The van der Waals surface area contributed by atoms with E-state index < -0.39 is 12.0 Å². The van der Waals surface area contributed by atoms with Crippen molar-refractivity contribution in [2.45, 2.75) is 19.4 Å². The number of phenols is 1. The fraction of sp³-hybridized carbons (Fsp3) is 0.364. The number of rotatable bonds is 4. The molecular formula is C11H15NO3. The lowest BCUT2D eigenvalue weighted by atomic mass is 10.1. The van der Waals surface area contributed by atoms with Gasteiger partial charge in [0.1, 0.15) is 11.8 Å². The Bertz CT molecular complexity index is 321. The standard InChI is InChI=1S/C11H15NO3/c1-2-7-15-11(14)10(12)8-3-5-9(13)6-4-8/h3-6,10,13H,2,7,12H2,1H3/t10-/m1/s1. The number of ether oxygens (including phenoxy) is 1. The quantitative estimate of drug-likeness (QED) is 0.734. The zero-order chi connectivity index (χ0) is 11.3. The lowest BCUT2D eigenvalue weighted by Crippen LogP contribution is -2.23. The largest absolute Gasteiger partial charge is 0.508 e. The summed E-state index contributed by atoms with van der Waals surface area (Å²) in [5.41, 5.74) is 6.31. The zero-order valence-electron chi connectivity index (χ0n) is 8.64. The van der Waals surface area contributed by atoms with Crippen LogP contribution in [0.5, 0.6) is 5.75 Å². The normalized spacial score (nSPS) is 12.1. The van der Waals surface area contributed by atoms with Crippen molar-refractivity contribution in [1.82, 2.24) is 0 Å². The van der Waals surface area contributed by atoms with Crippen LogP contribution >= 0.6 is 0 Å². The Morgan fingerprint density at radius 1 is 1.47 bits per heavy atom. The summed E-state index contributed by atoms with van der Waals surface area (Å²) in [4.78, 5) is 11.4. The van der Waals surface area contributed by atoms with E-state index in [0.29, 0.717) is 12.2 Å². The van der Waals surface area contributed by atoms with Crippen molar-refractivity contribution in [3.8, 4) is 5.75 Å². The van der Waals surface area contributed by atoms with Gasteiger partial charge in [0.2, 0.25) is 0 Å². The van der Waals surface area contributed by atoms with Crippen molar-refractivity contribution < 1.29 is 14.6 Å². The molecule has 0 aliphatic rings. The molecule has 0 heterocycles. The van der Waals surface area contributed by atoms with Gasteiger partial charge in [-0.1, -0.05) is 19.1 Å². The van der Waals surface area contributed by atoms with Gasteiger partial charge in [-0.05, 0) is 24.1 Å². The average molecular weight is 209 g/mol. The third-order valence-corrected chi connectivity index (χ3v) is 1.95. The highest BCUT2D eigenvalue weighted by atomic mass is 16.5. The number of benzene rings is 1. The van der Waals surface area contributed by atoms with Gasteiger partial charge in [0.05, 0.1) is 6.61 Å². The summed E-state index contributed by atoms with van der Waals surface area (Å²) in [5, 5.41) is 9.06. The van der Waals surface area contributed by atoms with Crippen LogP contribution in [0, 0.1) is 0 Å². The number of aromatic hydroxyl groups is 1. The Morgan fingerprint density at radius 3 is 2.60 bits per heavy atom. The molecule has 0 amide bonds. The highest BCUT2D eigenvalue weighted by Gasteiger charge is 2.16. The summed E-state index contributed by atoms with van der Waals surface area (Å²) in [6.07, 6.45) is 0.772. The summed E-state index contributed by atoms with van der Waals surface area (Å²) in [5.74, 6) is -0.296. The average Bonchev–Trinajstić information content (AvgIpc) is 2.26. The molecule has 0 aliphatic heterocycles. The molecule has 82 valence electrons. The van der Waals surface area contributed by atoms with Gasteiger partial charge in [-0.2, -0.15) is 0 Å². The van der Waals surface area contributed by atoms with Crippen LogP contribution in [0.4, 0.5) is 0 Å². The Morgan fingerprint density at radius 2 is 2.07 bits per heavy atom. The van der Waals surface area contributed by atoms with Gasteiger partial charge in [0, 0.05) is 0 Å². The second-order valence-electron chi connectivity index (χ2n) is 3.24. The van der Waals surface area contributed by atoms with E-state index in [9.17, 15) is 4.79 Å². The molecule has 4 heteroatoms. The van der Waals surface area contributed by atoms with Crippen LogP contribution in [0.2, 0.25) is 0 Å². The first kappa shape index (κ1) is 11.5. The van der Waals surface area contributed by atoms with E-state index in [2.05, 4.69) is 0 Å². The molecule has 0 radical (unpaired) electrons. The topological polar surface area (TPSA) is 72.5 Å². The molecule has 1 rings (SSSR count). The molecule has 0 aromatic heterocycles. The van der Waals surface area contributed by atoms with Gasteiger partial charge in [-0.15, -0.1) is 0 Å². The summed E-state index contributed by atoms with van der Waals surface area (Å²) < 4.78 is 4.91. The molecule has 0 saturated heterocycles. The maximum Gasteiger partial charge on any atom is 0.327 e. The highest BCUT2D eigenvalue weighted by molar-refractivity contribution is 5.77. The Kier molecular flexibility index (Phi) is 4.12. The van der Waals surface area contributed by atoms with E-state index in [1.54, 1.807) is 12.1 Å². The summed E-state index contributed by atoms with van der Waals surface area (Å²) >= 11 is 0. The number of carbonyl (C=O) groups excluding carboxylic acids is 1. The summed E-state index contributed by atoms with van der Waals surface area (Å²) in [6, 6.07) is 5.41. The molecule has 3 N–H and O–H groups in total. The second kappa shape index (κ2) is 5.36. The van der Waals surface area contributed by atoms with E-state index in [1.165, 1.54) is 12.1 Å². The fourth-order valence-electron chi connectivity index (χ4n) is 1.11. The van der Waals surface area contributed by atoms with Crippen LogP contribution in [-0.2, 0) is 9.53 Å². The smallest absolute Gasteiger partial charge is 0.327 e. The molecule has 1 aromatic rings. The predicted octanol–water partition coefficient (Wildman–Crippen LogP) is 1.35. The van der Waals surface area contributed by atoms with Crippen LogP contribution in [0.1, 0.15) is 24.9 Å². The number of esters is 1. The molecule has 4 nitrogen and oxygen atoms in total. The van der Waals surface area contributed by atoms with Crippen molar-refractivity contribution in [2.24, 2.45) is 5.73 Å². The minimum atomic E-state index is -0.780. The van der Waals surface area contributed by atoms with Crippen molar-refractivity contribution in [1.29, 1.82) is 0 Å². The van der Waals surface area contributed by atoms with Crippen molar-refractivity contribution in [2.75, 3.05) is 6.61 Å². The Balaban J connectivity index is 2.63. The number of hydrogen-bond acceptors (Lipinski definition) is 4. The minimum Gasteiger partial charge on any atom is -0.508 e. The Labute approximate surface area is 88.7 Å². The van der Waals surface area contributed by atoms with Crippen molar-refractivity contribution >= 4 is 5.97 Å². The molecule has 15 heavy (non-hydrogen) atoms.